The number of piperidine rings is 1. The van der Waals surface area contributed by atoms with Gasteiger partial charge in [-0.1, -0.05) is 6.07 Å². The molecule has 2 aliphatic heterocycles. The first-order chi connectivity index (χ1) is 14.7. The number of pyridine rings is 1. The SMILES string of the molecule is CC(C)Oc1ccc2c(c1)C(c1ccnc(N3CCC(n4cnnc4)CC3)c1)=NC2. The van der Waals surface area contributed by atoms with Gasteiger partial charge in [-0.3, -0.25) is 4.99 Å². The van der Waals surface area contributed by atoms with Crippen molar-refractivity contribution < 1.29 is 4.74 Å². The van der Waals surface area contributed by atoms with E-state index in [2.05, 4.69) is 48.9 Å². The number of ether oxygens (including phenoxy) is 1. The third kappa shape index (κ3) is 3.67. The zero-order valence-corrected chi connectivity index (χ0v) is 17.4. The molecule has 5 rings (SSSR count). The summed E-state index contributed by atoms with van der Waals surface area (Å²) in [6.07, 6.45) is 7.79. The Bertz CT molecular complexity index is 1050. The maximum Gasteiger partial charge on any atom is 0.129 e. The van der Waals surface area contributed by atoms with E-state index in [9.17, 15) is 0 Å². The summed E-state index contributed by atoms with van der Waals surface area (Å²) in [6.45, 7) is 6.74. The van der Waals surface area contributed by atoms with Gasteiger partial charge >= 0.3 is 0 Å². The van der Waals surface area contributed by atoms with Gasteiger partial charge in [-0.05, 0) is 56.5 Å². The summed E-state index contributed by atoms with van der Waals surface area (Å²) >= 11 is 0. The van der Waals surface area contributed by atoms with Crippen molar-refractivity contribution in [3.63, 3.8) is 0 Å². The molecule has 0 bridgehead atoms. The van der Waals surface area contributed by atoms with Gasteiger partial charge in [-0.2, -0.15) is 0 Å². The molecule has 154 valence electrons. The van der Waals surface area contributed by atoms with Crippen molar-refractivity contribution in [2.75, 3.05) is 18.0 Å². The van der Waals surface area contributed by atoms with Crippen LogP contribution in [0.4, 0.5) is 5.82 Å². The number of hydrogen-bond acceptors (Lipinski definition) is 6. The van der Waals surface area contributed by atoms with E-state index >= 15 is 0 Å². The Kier molecular flexibility index (Phi) is 4.94. The molecular weight excluding hydrogens is 376 g/mol. The van der Waals surface area contributed by atoms with Crippen molar-refractivity contribution in [2.45, 2.75) is 45.4 Å². The summed E-state index contributed by atoms with van der Waals surface area (Å²) in [7, 11) is 0. The van der Waals surface area contributed by atoms with Crippen LogP contribution in [-0.2, 0) is 6.54 Å². The molecular formula is C23H26N6O. The molecule has 1 saturated heterocycles. The maximum atomic E-state index is 5.90. The van der Waals surface area contributed by atoms with E-state index in [1.165, 1.54) is 5.56 Å². The normalized spacial score (nSPS) is 16.6. The van der Waals surface area contributed by atoms with E-state index in [1.807, 2.05) is 38.8 Å². The number of aliphatic imine (C=N–C) groups is 1. The summed E-state index contributed by atoms with van der Waals surface area (Å²) in [6, 6.07) is 11.0. The van der Waals surface area contributed by atoms with E-state index in [0.717, 1.165) is 54.3 Å². The van der Waals surface area contributed by atoms with Crippen molar-refractivity contribution in [3.05, 3.63) is 65.9 Å². The Morgan fingerprint density at radius 1 is 1.03 bits per heavy atom. The Morgan fingerprint density at radius 2 is 1.83 bits per heavy atom. The predicted molar refractivity (Wildman–Crippen MR) is 116 cm³/mol. The first-order valence-corrected chi connectivity index (χ1v) is 10.6. The molecule has 0 amide bonds. The van der Waals surface area contributed by atoms with Crippen LogP contribution in [0.3, 0.4) is 0 Å². The van der Waals surface area contributed by atoms with Crippen LogP contribution in [0.25, 0.3) is 0 Å². The first-order valence-electron chi connectivity index (χ1n) is 10.6. The van der Waals surface area contributed by atoms with Crippen LogP contribution in [-0.4, -0.2) is 44.7 Å². The number of benzene rings is 1. The lowest BCUT2D eigenvalue weighted by Crippen LogP contribution is -2.35. The van der Waals surface area contributed by atoms with Crippen LogP contribution in [0.1, 0.15) is 49.4 Å². The van der Waals surface area contributed by atoms with Gasteiger partial charge in [0.2, 0.25) is 0 Å². The second-order valence-corrected chi connectivity index (χ2v) is 8.18. The Morgan fingerprint density at radius 3 is 2.60 bits per heavy atom. The highest BCUT2D eigenvalue weighted by Gasteiger charge is 2.23. The average molecular weight is 403 g/mol. The summed E-state index contributed by atoms with van der Waals surface area (Å²) in [5.41, 5.74) is 4.55. The van der Waals surface area contributed by atoms with Gasteiger partial charge in [0.05, 0.1) is 18.4 Å². The number of nitrogens with zero attached hydrogens (tertiary/aromatic N) is 6. The first kappa shape index (κ1) is 18.8. The van der Waals surface area contributed by atoms with Crippen molar-refractivity contribution in [3.8, 4) is 5.75 Å². The van der Waals surface area contributed by atoms with E-state index in [-0.39, 0.29) is 6.10 Å². The van der Waals surface area contributed by atoms with E-state index in [0.29, 0.717) is 12.6 Å². The van der Waals surface area contributed by atoms with Crippen molar-refractivity contribution in [1.82, 2.24) is 19.7 Å². The largest absolute Gasteiger partial charge is 0.491 e. The van der Waals surface area contributed by atoms with E-state index < -0.39 is 0 Å². The lowest BCUT2D eigenvalue weighted by atomic mass is 10.00. The van der Waals surface area contributed by atoms with Gasteiger partial charge in [0.15, 0.2) is 0 Å². The molecule has 30 heavy (non-hydrogen) atoms. The van der Waals surface area contributed by atoms with Crippen LogP contribution in [0.15, 0.2) is 54.2 Å². The topological polar surface area (TPSA) is 68.4 Å². The van der Waals surface area contributed by atoms with E-state index in [4.69, 9.17) is 9.73 Å². The quantitative estimate of drug-likeness (QED) is 0.652. The Labute approximate surface area is 176 Å². The molecule has 3 aromatic rings. The molecule has 1 aromatic carbocycles. The van der Waals surface area contributed by atoms with Crippen molar-refractivity contribution in [2.24, 2.45) is 4.99 Å². The van der Waals surface area contributed by atoms with Crippen LogP contribution in [0.5, 0.6) is 5.75 Å². The minimum atomic E-state index is 0.151. The van der Waals surface area contributed by atoms with Gasteiger partial charge in [-0.25, -0.2) is 4.98 Å². The number of hydrogen-bond donors (Lipinski definition) is 0. The van der Waals surface area contributed by atoms with Gasteiger partial charge < -0.3 is 14.2 Å². The number of rotatable bonds is 5. The van der Waals surface area contributed by atoms with Gasteiger partial charge in [0.25, 0.3) is 0 Å². The van der Waals surface area contributed by atoms with Gasteiger partial charge in [0.1, 0.15) is 24.2 Å². The fourth-order valence-corrected chi connectivity index (χ4v) is 4.28. The highest BCUT2D eigenvalue weighted by molar-refractivity contribution is 6.15. The zero-order valence-electron chi connectivity index (χ0n) is 17.4. The van der Waals surface area contributed by atoms with E-state index in [1.54, 1.807) is 0 Å². The predicted octanol–water partition coefficient (Wildman–Crippen LogP) is 3.65. The van der Waals surface area contributed by atoms with Crippen LogP contribution in [0, 0.1) is 0 Å². The standard InChI is InChI=1S/C23H26N6O/c1-16(2)30-20-4-3-18-13-25-23(21(18)12-20)17-5-8-24-22(11-17)28-9-6-19(7-10-28)29-14-26-27-15-29/h3-5,8,11-12,14-16,19H,6-7,9-10,13H2,1-2H3. The van der Waals surface area contributed by atoms with Gasteiger partial charge in [0, 0.05) is 36.5 Å². The fourth-order valence-electron chi connectivity index (χ4n) is 4.28. The smallest absolute Gasteiger partial charge is 0.129 e. The Hall–Kier alpha value is -3.22. The molecule has 0 saturated carbocycles. The summed E-state index contributed by atoms with van der Waals surface area (Å²) in [5.74, 6) is 1.91. The molecule has 0 atom stereocenters. The van der Waals surface area contributed by atoms with Gasteiger partial charge in [-0.15, -0.1) is 10.2 Å². The monoisotopic (exact) mass is 402 g/mol. The molecule has 4 heterocycles. The van der Waals surface area contributed by atoms with Crippen LogP contribution >= 0.6 is 0 Å². The molecule has 7 heteroatoms. The lowest BCUT2D eigenvalue weighted by molar-refractivity contribution is 0.242. The summed E-state index contributed by atoms with van der Waals surface area (Å²) in [4.78, 5) is 11.8. The van der Waals surface area contributed by atoms with Crippen molar-refractivity contribution in [1.29, 1.82) is 0 Å². The highest BCUT2D eigenvalue weighted by Crippen LogP contribution is 2.30. The molecule has 2 aliphatic rings. The molecule has 0 radical (unpaired) electrons. The highest BCUT2D eigenvalue weighted by atomic mass is 16.5. The molecule has 0 N–H and O–H groups in total. The molecule has 7 nitrogen and oxygen atoms in total. The molecule has 1 fully saturated rings. The summed E-state index contributed by atoms with van der Waals surface area (Å²) < 4.78 is 8.01. The minimum absolute atomic E-state index is 0.151. The number of aromatic nitrogens is 4. The maximum absolute atomic E-state index is 5.90. The third-order valence-electron chi connectivity index (χ3n) is 5.78. The molecule has 0 spiro atoms. The average Bonchev–Trinajstić information content (AvgIpc) is 3.44. The van der Waals surface area contributed by atoms with Crippen LogP contribution < -0.4 is 9.64 Å². The molecule has 2 aromatic heterocycles. The zero-order chi connectivity index (χ0) is 20.5. The summed E-state index contributed by atoms with van der Waals surface area (Å²) in [5, 5.41) is 7.87. The second kappa shape index (κ2) is 7.89. The molecule has 0 unspecified atom stereocenters. The fraction of sp³-hybridized carbons (Fsp3) is 0.391. The Balaban J connectivity index is 1.34. The van der Waals surface area contributed by atoms with Crippen molar-refractivity contribution >= 4 is 11.5 Å². The van der Waals surface area contributed by atoms with Crippen LogP contribution in [0.2, 0.25) is 0 Å². The second-order valence-electron chi connectivity index (χ2n) is 8.18. The molecule has 0 aliphatic carbocycles. The number of fused-ring (bicyclic) bond motifs is 1. The third-order valence-corrected chi connectivity index (χ3v) is 5.78. The number of anilines is 1. The minimum Gasteiger partial charge on any atom is -0.491 e. The lowest BCUT2D eigenvalue weighted by Gasteiger charge is -2.33.